The summed E-state index contributed by atoms with van der Waals surface area (Å²) in [5, 5.41) is 0. The van der Waals surface area contributed by atoms with Gasteiger partial charge in [-0.1, -0.05) is 12.6 Å². The average molecular weight is 264 g/mol. The fourth-order valence-electron chi connectivity index (χ4n) is 1.36. The highest BCUT2D eigenvalue weighted by atomic mass is 16.5. The quantitative estimate of drug-likeness (QED) is 0.341. The number of benzene rings is 1. The highest BCUT2D eigenvalue weighted by molar-refractivity contribution is 5.86. The number of nitrogen functional groups attached to an aromatic ring is 2. The summed E-state index contributed by atoms with van der Waals surface area (Å²) in [5.74, 6) is 0.222. The van der Waals surface area contributed by atoms with Gasteiger partial charge in [0.15, 0.2) is 0 Å². The van der Waals surface area contributed by atoms with Crippen LogP contribution in [0.25, 0.3) is 0 Å². The highest BCUT2D eigenvalue weighted by Gasteiger charge is 2.04. The van der Waals surface area contributed by atoms with Crippen LogP contribution < -0.4 is 16.2 Å². The number of hydrogen-bond donors (Lipinski definition) is 2. The largest absolute Gasteiger partial charge is 0.491 e. The van der Waals surface area contributed by atoms with Crippen molar-refractivity contribution in [2.75, 3.05) is 24.7 Å². The van der Waals surface area contributed by atoms with E-state index in [0.717, 1.165) is 12.8 Å². The summed E-state index contributed by atoms with van der Waals surface area (Å²) < 4.78 is 10.5. The van der Waals surface area contributed by atoms with Gasteiger partial charge in [-0.15, -0.1) is 0 Å². The van der Waals surface area contributed by atoms with Crippen molar-refractivity contribution in [2.24, 2.45) is 0 Å². The molecule has 0 atom stereocenters. The first kappa shape index (κ1) is 14.9. The molecule has 104 valence electrons. The lowest BCUT2D eigenvalue weighted by Gasteiger charge is -2.10. The van der Waals surface area contributed by atoms with Gasteiger partial charge in [0.2, 0.25) is 0 Å². The number of para-hydroxylation sites is 1. The van der Waals surface area contributed by atoms with E-state index in [1.165, 1.54) is 0 Å². The minimum absolute atomic E-state index is 0.360. The van der Waals surface area contributed by atoms with Gasteiger partial charge in [-0.25, -0.2) is 4.79 Å². The van der Waals surface area contributed by atoms with Crippen LogP contribution in [0.1, 0.15) is 19.8 Å². The molecular formula is C14H20N2O3. The average Bonchev–Trinajstić information content (AvgIpc) is 2.37. The Balaban J connectivity index is 2.19. The lowest BCUT2D eigenvalue weighted by Crippen LogP contribution is -2.08. The SMILES string of the molecule is C=C(C)C(=O)OCCCCOc1cccc(N)c1N. The summed E-state index contributed by atoms with van der Waals surface area (Å²) in [5.41, 5.74) is 12.8. The molecular weight excluding hydrogens is 244 g/mol. The van der Waals surface area contributed by atoms with Crippen LogP contribution in [-0.4, -0.2) is 19.2 Å². The summed E-state index contributed by atoms with van der Waals surface area (Å²) in [7, 11) is 0. The number of ether oxygens (including phenoxy) is 2. The molecule has 0 aromatic heterocycles. The molecule has 0 bridgehead atoms. The molecule has 0 heterocycles. The number of anilines is 2. The van der Waals surface area contributed by atoms with E-state index in [-0.39, 0.29) is 5.97 Å². The number of carbonyl (C=O) groups is 1. The zero-order valence-electron chi connectivity index (χ0n) is 11.1. The normalized spacial score (nSPS) is 9.95. The Bertz CT molecular complexity index is 458. The van der Waals surface area contributed by atoms with Crippen LogP contribution in [0.5, 0.6) is 5.75 Å². The summed E-state index contributed by atoms with van der Waals surface area (Å²) >= 11 is 0. The molecule has 0 saturated heterocycles. The third-order valence-corrected chi connectivity index (χ3v) is 2.48. The third kappa shape index (κ3) is 4.91. The van der Waals surface area contributed by atoms with E-state index in [1.807, 2.05) is 0 Å². The van der Waals surface area contributed by atoms with Crippen LogP contribution in [0.3, 0.4) is 0 Å². The van der Waals surface area contributed by atoms with Gasteiger partial charge in [-0.05, 0) is 31.9 Å². The summed E-state index contributed by atoms with van der Waals surface area (Å²) in [6.45, 7) is 5.98. The van der Waals surface area contributed by atoms with Crippen LogP contribution in [0.4, 0.5) is 11.4 Å². The predicted molar refractivity (Wildman–Crippen MR) is 75.8 cm³/mol. The number of rotatable bonds is 7. The minimum Gasteiger partial charge on any atom is -0.491 e. The molecule has 0 fully saturated rings. The Morgan fingerprint density at radius 1 is 1.26 bits per heavy atom. The van der Waals surface area contributed by atoms with Crippen LogP contribution in [0, 0.1) is 0 Å². The number of nitrogens with two attached hydrogens (primary N) is 2. The molecule has 1 rings (SSSR count). The highest BCUT2D eigenvalue weighted by Crippen LogP contribution is 2.26. The van der Waals surface area contributed by atoms with Gasteiger partial charge < -0.3 is 20.9 Å². The third-order valence-electron chi connectivity index (χ3n) is 2.48. The molecule has 0 spiro atoms. The van der Waals surface area contributed by atoms with Crippen molar-refractivity contribution < 1.29 is 14.3 Å². The summed E-state index contributed by atoms with van der Waals surface area (Å²) in [4.78, 5) is 11.1. The Hall–Kier alpha value is -2.17. The van der Waals surface area contributed by atoms with E-state index in [0.29, 0.717) is 35.9 Å². The lowest BCUT2D eigenvalue weighted by molar-refractivity contribution is -0.139. The molecule has 1 aromatic carbocycles. The van der Waals surface area contributed by atoms with Crippen LogP contribution in [0.2, 0.25) is 0 Å². The molecule has 5 heteroatoms. The molecule has 5 nitrogen and oxygen atoms in total. The van der Waals surface area contributed by atoms with Gasteiger partial charge in [0.1, 0.15) is 5.75 Å². The first-order chi connectivity index (χ1) is 9.02. The van der Waals surface area contributed by atoms with E-state index in [2.05, 4.69) is 6.58 Å². The maximum absolute atomic E-state index is 11.1. The molecule has 0 saturated carbocycles. The van der Waals surface area contributed by atoms with Gasteiger partial charge in [0.05, 0.1) is 24.6 Å². The van der Waals surface area contributed by atoms with Gasteiger partial charge in [0, 0.05) is 5.57 Å². The monoisotopic (exact) mass is 264 g/mol. The fourth-order valence-corrected chi connectivity index (χ4v) is 1.36. The van der Waals surface area contributed by atoms with Crippen molar-refractivity contribution >= 4 is 17.3 Å². The van der Waals surface area contributed by atoms with Crippen molar-refractivity contribution in [2.45, 2.75) is 19.8 Å². The first-order valence-corrected chi connectivity index (χ1v) is 6.11. The standard InChI is InChI=1S/C14H20N2O3/c1-10(2)14(17)19-9-4-3-8-18-12-7-5-6-11(15)13(12)16/h5-7H,1,3-4,8-9,15-16H2,2H3. The van der Waals surface area contributed by atoms with E-state index >= 15 is 0 Å². The van der Waals surface area contributed by atoms with Gasteiger partial charge >= 0.3 is 5.97 Å². The smallest absolute Gasteiger partial charge is 0.333 e. The van der Waals surface area contributed by atoms with Gasteiger partial charge in [0.25, 0.3) is 0 Å². The van der Waals surface area contributed by atoms with Crippen molar-refractivity contribution in [3.8, 4) is 5.75 Å². The Morgan fingerprint density at radius 3 is 2.63 bits per heavy atom. The molecule has 0 radical (unpaired) electrons. The second-order valence-corrected chi connectivity index (χ2v) is 4.23. The van der Waals surface area contributed by atoms with Crippen molar-refractivity contribution in [1.82, 2.24) is 0 Å². The molecule has 0 unspecified atom stereocenters. The maximum atomic E-state index is 11.1. The van der Waals surface area contributed by atoms with Crippen molar-refractivity contribution in [3.05, 3.63) is 30.4 Å². The zero-order chi connectivity index (χ0) is 14.3. The topological polar surface area (TPSA) is 87.6 Å². The van der Waals surface area contributed by atoms with Crippen LogP contribution in [-0.2, 0) is 9.53 Å². The number of hydrogen-bond acceptors (Lipinski definition) is 5. The summed E-state index contributed by atoms with van der Waals surface area (Å²) in [6.07, 6.45) is 1.49. The predicted octanol–water partition coefficient (Wildman–Crippen LogP) is 2.13. The Morgan fingerprint density at radius 2 is 1.95 bits per heavy atom. The van der Waals surface area contributed by atoms with E-state index in [9.17, 15) is 4.79 Å². The molecule has 19 heavy (non-hydrogen) atoms. The molecule has 0 aliphatic rings. The van der Waals surface area contributed by atoms with E-state index < -0.39 is 0 Å². The number of carbonyl (C=O) groups excluding carboxylic acids is 1. The Labute approximate surface area is 113 Å². The minimum atomic E-state index is -0.360. The maximum Gasteiger partial charge on any atom is 0.333 e. The Kier molecular flexibility index (Phi) is 5.73. The van der Waals surface area contributed by atoms with Gasteiger partial charge in [-0.2, -0.15) is 0 Å². The fraction of sp³-hybridized carbons (Fsp3) is 0.357. The number of esters is 1. The van der Waals surface area contributed by atoms with Crippen LogP contribution in [0.15, 0.2) is 30.4 Å². The molecule has 0 amide bonds. The lowest BCUT2D eigenvalue weighted by atomic mass is 10.2. The molecule has 4 N–H and O–H groups in total. The molecule has 0 aliphatic carbocycles. The van der Waals surface area contributed by atoms with E-state index in [4.69, 9.17) is 20.9 Å². The summed E-state index contributed by atoms with van der Waals surface area (Å²) in [6, 6.07) is 5.28. The van der Waals surface area contributed by atoms with Crippen molar-refractivity contribution in [1.29, 1.82) is 0 Å². The van der Waals surface area contributed by atoms with Gasteiger partial charge in [-0.3, -0.25) is 0 Å². The van der Waals surface area contributed by atoms with E-state index in [1.54, 1.807) is 25.1 Å². The molecule has 1 aromatic rings. The second kappa shape index (κ2) is 7.31. The molecule has 0 aliphatic heterocycles. The number of unbranched alkanes of at least 4 members (excludes halogenated alkanes) is 1. The van der Waals surface area contributed by atoms with Crippen LogP contribution >= 0.6 is 0 Å². The second-order valence-electron chi connectivity index (χ2n) is 4.23. The zero-order valence-corrected chi connectivity index (χ0v) is 11.1. The first-order valence-electron chi connectivity index (χ1n) is 6.11. The van der Waals surface area contributed by atoms with Crippen molar-refractivity contribution in [3.63, 3.8) is 0 Å².